The highest BCUT2D eigenvalue weighted by Crippen LogP contribution is 2.57. The van der Waals surface area contributed by atoms with Gasteiger partial charge in [0.05, 0.1) is 5.92 Å². The number of hydrogen-bond acceptors (Lipinski definition) is 3. The highest BCUT2D eigenvalue weighted by molar-refractivity contribution is 5.70. The van der Waals surface area contributed by atoms with Crippen LogP contribution in [0.5, 0.6) is 0 Å². The van der Waals surface area contributed by atoms with E-state index in [0.29, 0.717) is 0 Å². The molecule has 0 aromatic carbocycles. The molecule has 2 rings (SSSR count). The van der Waals surface area contributed by atoms with Gasteiger partial charge in [0.15, 0.2) is 0 Å². The van der Waals surface area contributed by atoms with Gasteiger partial charge >= 0.3 is 12.1 Å². The van der Waals surface area contributed by atoms with Crippen molar-refractivity contribution in [1.29, 1.82) is 0 Å². The number of alkyl carbamates (subject to hydrolysis) is 1. The van der Waals surface area contributed by atoms with Crippen LogP contribution in [0, 0.1) is 11.3 Å². The van der Waals surface area contributed by atoms with Gasteiger partial charge in [-0.3, -0.25) is 4.79 Å². The first-order valence-electron chi connectivity index (χ1n) is 6.94. The molecule has 5 nitrogen and oxygen atoms in total. The fourth-order valence-corrected chi connectivity index (χ4v) is 2.99. The maximum absolute atomic E-state index is 11.7. The number of nitrogens with one attached hydrogen (secondary N) is 1. The van der Waals surface area contributed by atoms with Crippen molar-refractivity contribution in [2.24, 2.45) is 11.3 Å². The minimum Gasteiger partial charge on any atom is -0.481 e. The first-order chi connectivity index (χ1) is 8.72. The van der Waals surface area contributed by atoms with Crippen LogP contribution in [0.15, 0.2) is 0 Å². The minimum absolute atomic E-state index is 0.142. The molecule has 0 aromatic heterocycles. The van der Waals surface area contributed by atoms with E-state index in [0.717, 1.165) is 32.1 Å². The van der Waals surface area contributed by atoms with Crippen LogP contribution in [0.25, 0.3) is 0 Å². The zero-order chi connectivity index (χ0) is 14.3. The maximum Gasteiger partial charge on any atom is 0.407 e. The monoisotopic (exact) mass is 269 g/mol. The normalized spacial score (nSPS) is 33.8. The minimum atomic E-state index is -0.688. The molecular formula is C14H23NO4. The van der Waals surface area contributed by atoms with E-state index in [9.17, 15) is 9.59 Å². The molecular weight excluding hydrogens is 246 g/mol. The Morgan fingerprint density at radius 3 is 2.32 bits per heavy atom. The largest absolute Gasteiger partial charge is 0.481 e. The summed E-state index contributed by atoms with van der Waals surface area (Å²) in [5.41, 5.74) is -0.337. The lowest BCUT2D eigenvalue weighted by Crippen LogP contribution is -2.36. The SMILES string of the molecule is CC(C)(C)OC(=O)NC1CC12CCC(C(=O)O)CC2. The van der Waals surface area contributed by atoms with E-state index >= 15 is 0 Å². The second-order valence-corrected chi connectivity index (χ2v) is 6.88. The van der Waals surface area contributed by atoms with E-state index in [2.05, 4.69) is 5.32 Å². The zero-order valence-corrected chi connectivity index (χ0v) is 11.9. The van der Waals surface area contributed by atoms with Gasteiger partial charge in [0.1, 0.15) is 5.60 Å². The van der Waals surface area contributed by atoms with Crippen molar-refractivity contribution < 1.29 is 19.4 Å². The van der Waals surface area contributed by atoms with Gasteiger partial charge in [0, 0.05) is 6.04 Å². The standard InChI is InChI=1S/C14H23NO4/c1-13(2,3)19-12(18)15-10-8-14(10)6-4-9(5-7-14)11(16)17/h9-10H,4-8H2,1-3H3,(H,15,18)(H,16,17). The first-order valence-corrected chi connectivity index (χ1v) is 6.94. The number of hydrogen-bond donors (Lipinski definition) is 2. The molecule has 2 aliphatic rings. The Kier molecular flexibility index (Phi) is 3.49. The molecule has 1 atom stereocenters. The van der Waals surface area contributed by atoms with Crippen LogP contribution in [0.2, 0.25) is 0 Å². The van der Waals surface area contributed by atoms with Crippen molar-refractivity contribution in [2.45, 2.75) is 64.5 Å². The van der Waals surface area contributed by atoms with Crippen LogP contribution < -0.4 is 5.32 Å². The number of amides is 1. The molecule has 2 N–H and O–H groups in total. The molecule has 0 radical (unpaired) electrons. The lowest BCUT2D eigenvalue weighted by atomic mass is 9.79. The van der Waals surface area contributed by atoms with Crippen LogP contribution in [-0.2, 0) is 9.53 Å². The third-order valence-corrected chi connectivity index (χ3v) is 4.21. The quantitative estimate of drug-likeness (QED) is 0.807. The van der Waals surface area contributed by atoms with Gasteiger partial charge < -0.3 is 15.2 Å². The van der Waals surface area contributed by atoms with E-state index < -0.39 is 11.6 Å². The highest BCUT2D eigenvalue weighted by Gasteiger charge is 2.56. The molecule has 1 spiro atoms. The molecule has 2 saturated carbocycles. The molecule has 1 amide bonds. The van der Waals surface area contributed by atoms with Crippen LogP contribution >= 0.6 is 0 Å². The summed E-state index contributed by atoms with van der Waals surface area (Å²) in [6, 6.07) is 0.164. The van der Waals surface area contributed by atoms with Gasteiger partial charge in [-0.15, -0.1) is 0 Å². The van der Waals surface area contributed by atoms with E-state index in [1.807, 2.05) is 20.8 Å². The van der Waals surface area contributed by atoms with Gasteiger partial charge in [-0.05, 0) is 58.3 Å². The van der Waals surface area contributed by atoms with Gasteiger partial charge in [0.25, 0.3) is 0 Å². The topological polar surface area (TPSA) is 75.6 Å². The van der Waals surface area contributed by atoms with Gasteiger partial charge in [-0.25, -0.2) is 4.79 Å². The predicted octanol–water partition coefficient (Wildman–Crippen LogP) is 2.54. The molecule has 19 heavy (non-hydrogen) atoms. The molecule has 5 heteroatoms. The van der Waals surface area contributed by atoms with Crippen molar-refractivity contribution in [3.05, 3.63) is 0 Å². The third-order valence-electron chi connectivity index (χ3n) is 4.21. The first kappa shape index (κ1) is 14.2. The molecule has 0 aromatic rings. The second kappa shape index (κ2) is 4.69. The number of aliphatic carboxylic acids is 1. The van der Waals surface area contributed by atoms with E-state index in [-0.39, 0.29) is 23.5 Å². The number of carboxylic acids is 1. The summed E-state index contributed by atoms with van der Waals surface area (Å²) in [7, 11) is 0. The Morgan fingerprint density at radius 1 is 1.26 bits per heavy atom. The number of carboxylic acid groups (broad SMARTS) is 1. The second-order valence-electron chi connectivity index (χ2n) is 6.88. The van der Waals surface area contributed by atoms with Crippen LogP contribution in [0.4, 0.5) is 4.79 Å². The molecule has 1 unspecified atom stereocenters. The van der Waals surface area contributed by atoms with Crippen molar-refractivity contribution in [3.8, 4) is 0 Å². The summed E-state index contributed by atoms with van der Waals surface area (Å²) < 4.78 is 5.24. The number of carbonyl (C=O) groups excluding carboxylic acids is 1. The molecule has 0 heterocycles. The Bertz CT molecular complexity index is 377. The van der Waals surface area contributed by atoms with Crippen LogP contribution in [-0.4, -0.2) is 28.8 Å². The Hall–Kier alpha value is -1.26. The highest BCUT2D eigenvalue weighted by atomic mass is 16.6. The zero-order valence-electron chi connectivity index (χ0n) is 11.9. The summed E-state index contributed by atoms with van der Waals surface area (Å²) in [5, 5.41) is 11.9. The smallest absolute Gasteiger partial charge is 0.407 e. The summed E-state index contributed by atoms with van der Waals surface area (Å²) in [6.07, 6.45) is 3.83. The average molecular weight is 269 g/mol. The number of carbonyl (C=O) groups is 2. The van der Waals surface area contributed by atoms with Crippen molar-refractivity contribution in [2.75, 3.05) is 0 Å². The van der Waals surface area contributed by atoms with E-state index in [4.69, 9.17) is 9.84 Å². The number of rotatable bonds is 2. The predicted molar refractivity (Wildman–Crippen MR) is 69.8 cm³/mol. The molecule has 108 valence electrons. The van der Waals surface area contributed by atoms with E-state index in [1.165, 1.54) is 0 Å². The van der Waals surface area contributed by atoms with Crippen molar-refractivity contribution in [1.82, 2.24) is 5.32 Å². The van der Waals surface area contributed by atoms with Gasteiger partial charge in [-0.1, -0.05) is 0 Å². The van der Waals surface area contributed by atoms with E-state index in [1.54, 1.807) is 0 Å². The lowest BCUT2D eigenvalue weighted by Gasteiger charge is -2.27. The molecule has 0 bridgehead atoms. The summed E-state index contributed by atoms with van der Waals surface area (Å²) >= 11 is 0. The average Bonchev–Trinajstić information content (AvgIpc) is 2.88. The molecule has 0 saturated heterocycles. The van der Waals surface area contributed by atoms with Crippen LogP contribution in [0.3, 0.4) is 0 Å². The molecule has 2 fully saturated rings. The fourth-order valence-electron chi connectivity index (χ4n) is 2.99. The van der Waals surface area contributed by atoms with Crippen molar-refractivity contribution >= 4 is 12.1 Å². The Morgan fingerprint density at radius 2 is 1.84 bits per heavy atom. The Labute approximate surface area is 113 Å². The summed E-state index contributed by atoms with van der Waals surface area (Å²) in [6.45, 7) is 5.52. The number of ether oxygens (including phenoxy) is 1. The summed E-state index contributed by atoms with van der Waals surface area (Å²) in [5.74, 6) is -0.888. The Balaban J connectivity index is 1.79. The summed E-state index contributed by atoms with van der Waals surface area (Å²) in [4.78, 5) is 22.6. The van der Waals surface area contributed by atoms with Gasteiger partial charge in [-0.2, -0.15) is 0 Å². The van der Waals surface area contributed by atoms with Gasteiger partial charge in [0.2, 0.25) is 0 Å². The maximum atomic E-state index is 11.7. The fraction of sp³-hybridized carbons (Fsp3) is 0.857. The lowest BCUT2D eigenvalue weighted by molar-refractivity contribution is -0.143. The van der Waals surface area contributed by atoms with Crippen molar-refractivity contribution in [3.63, 3.8) is 0 Å². The third kappa shape index (κ3) is 3.39. The molecule has 2 aliphatic carbocycles. The molecule has 0 aliphatic heterocycles. The van der Waals surface area contributed by atoms with Crippen LogP contribution in [0.1, 0.15) is 52.9 Å².